The molecule has 3 rings (SSSR count). The molecule has 2 N–H and O–H groups in total. The first kappa shape index (κ1) is 16.7. The summed E-state index contributed by atoms with van der Waals surface area (Å²) in [6, 6.07) is 7.27. The van der Waals surface area contributed by atoms with Gasteiger partial charge in [0.05, 0.1) is 5.52 Å². The minimum atomic E-state index is -0.574. The number of ketones is 1. The van der Waals surface area contributed by atoms with Gasteiger partial charge in [0.2, 0.25) is 0 Å². The van der Waals surface area contributed by atoms with Gasteiger partial charge in [-0.25, -0.2) is 9.80 Å². The molecule has 1 atom stereocenters. The highest BCUT2D eigenvalue weighted by molar-refractivity contribution is 6.02. The first-order chi connectivity index (χ1) is 11.2. The van der Waals surface area contributed by atoms with Crippen LogP contribution in [0.5, 0.6) is 0 Å². The Morgan fingerprint density at radius 3 is 2.62 bits per heavy atom. The predicted octanol–water partition coefficient (Wildman–Crippen LogP) is 2.80. The van der Waals surface area contributed by atoms with Gasteiger partial charge in [-0.3, -0.25) is 15.2 Å². The Bertz CT molecular complexity index is 788. The standard InChI is InChI=1S/C18H23N3O3/c1-18(2,3)24-17(23)21-9-7-12-4-5-13(10-15(12)21)16(22)14-6-8-20(19)11-14/h4-5,7,9-10,14H,6,8,11,19H2,1-3H3/t14-/m1/s1. The Kier molecular flexibility index (Phi) is 4.19. The van der Waals surface area contributed by atoms with Crippen LogP contribution in [0.3, 0.4) is 0 Å². The van der Waals surface area contributed by atoms with E-state index in [0.717, 1.165) is 18.4 Å². The molecule has 1 aromatic carbocycles. The molecular formula is C18H23N3O3. The first-order valence-electron chi connectivity index (χ1n) is 8.13. The summed E-state index contributed by atoms with van der Waals surface area (Å²) in [6.45, 7) is 6.77. The molecule has 0 bridgehead atoms. The van der Waals surface area contributed by atoms with Crippen LogP contribution in [0.4, 0.5) is 4.79 Å². The van der Waals surface area contributed by atoms with Crippen LogP contribution in [0.25, 0.3) is 10.9 Å². The van der Waals surface area contributed by atoms with Crippen LogP contribution in [0.2, 0.25) is 0 Å². The Morgan fingerprint density at radius 2 is 2.00 bits per heavy atom. The van der Waals surface area contributed by atoms with E-state index < -0.39 is 11.7 Å². The number of nitrogens with two attached hydrogens (primary N) is 1. The highest BCUT2D eigenvalue weighted by Crippen LogP contribution is 2.24. The second kappa shape index (κ2) is 6.03. The number of carbonyl (C=O) groups is 2. The number of hydrazine groups is 1. The summed E-state index contributed by atoms with van der Waals surface area (Å²) in [5.74, 6) is 5.74. The number of benzene rings is 1. The minimum absolute atomic E-state index is 0.0711. The molecule has 2 heterocycles. The van der Waals surface area contributed by atoms with Crippen LogP contribution < -0.4 is 5.84 Å². The van der Waals surface area contributed by atoms with Gasteiger partial charge in [0.25, 0.3) is 0 Å². The number of hydrogen-bond donors (Lipinski definition) is 1. The number of Topliss-reactive ketones (excluding diaryl/α,β-unsaturated/α-hetero) is 1. The van der Waals surface area contributed by atoms with Crippen molar-refractivity contribution < 1.29 is 14.3 Å². The average molecular weight is 329 g/mol. The van der Waals surface area contributed by atoms with Gasteiger partial charge in [-0.2, -0.15) is 0 Å². The zero-order valence-corrected chi connectivity index (χ0v) is 14.3. The largest absolute Gasteiger partial charge is 0.443 e. The lowest BCUT2D eigenvalue weighted by Gasteiger charge is -2.19. The molecular weight excluding hydrogens is 306 g/mol. The molecule has 6 heteroatoms. The van der Waals surface area contributed by atoms with Gasteiger partial charge < -0.3 is 4.74 Å². The van der Waals surface area contributed by atoms with Crippen LogP contribution in [0, 0.1) is 5.92 Å². The summed E-state index contributed by atoms with van der Waals surface area (Å²) >= 11 is 0. The fourth-order valence-electron chi connectivity index (χ4n) is 2.99. The number of hydrogen-bond acceptors (Lipinski definition) is 5. The van der Waals surface area contributed by atoms with Gasteiger partial charge in [-0.15, -0.1) is 0 Å². The lowest BCUT2D eigenvalue weighted by molar-refractivity contribution is 0.0544. The molecule has 1 fully saturated rings. The summed E-state index contributed by atoms with van der Waals surface area (Å²) in [6.07, 6.45) is 1.99. The SMILES string of the molecule is CC(C)(C)OC(=O)n1ccc2ccc(C(=O)[C@@H]3CCN(N)C3)cc21. The second-order valence-corrected chi connectivity index (χ2v) is 7.28. The van der Waals surface area contributed by atoms with Gasteiger partial charge in [-0.05, 0) is 39.3 Å². The quantitative estimate of drug-likeness (QED) is 0.677. The van der Waals surface area contributed by atoms with E-state index in [0.29, 0.717) is 17.6 Å². The van der Waals surface area contributed by atoms with Crippen molar-refractivity contribution in [3.05, 3.63) is 36.0 Å². The first-order valence-corrected chi connectivity index (χ1v) is 8.13. The Morgan fingerprint density at radius 1 is 1.25 bits per heavy atom. The number of nitrogens with zero attached hydrogens (tertiary/aromatic N) is 2. The van der Waals surface area contributed by atoms with Crippen LogP contribution in [0.15, 0.2) is 30.5 Å². The van der Waals surface area contributed by atoms with Crippen LogP contribution in [-0.4, -0.2) is 40.1 Å². The molecule has 1 saturated heterocycles. The van der Waals surface area contributed by atoms with Crippen molar-refractivity contribution in [1.29, 1.82) is 0 Å². The topological polar surface area (TPSA) is 77.6 Å². The van der Waals surface area contributed by atoms with E-state index in [1.807, 2.05) is 39.0 Å². The summed E-state index contributed by atoms with van der Waals surface area (Å²) in [5.41, 5.74) is 0.708. The molecule has 0 aliphatic carbocycles. The van der Waals surface area contributed by atoms with Gasteiger partial charge in [-0.1, -0.05) is 12.1 Å². The monoisotopic (exact) mass is 329 g/mol. The fraction of sp³-hybridized carbons (Fsp3) is 0.444. The molecule has 0 radical (unpaired) electrons. The predicted molar refractivity (Wildman–Crippen MR) is 91.8 cm³/mol. The third kappa shape index (κ3) is 3.34. The van der Waals surface area contributed by atoms with E-state index in [1.54, 1.807) is 17.3 Å². The molecule has 24 heavy (non-hydrogen) atoms. The lowest BCUT2D eigenvalue weighted by Crippen LogP contribution is -2.29. The van der Waals surface area contributed by atoms with E-state index in [4.69, 9.17) is 10.6 Å². The smallest absolute Gasteiger partial charge is 0.418 e. The molecule has 0 saturated carbocycles. The van der Waals surface area contributed by atoms with E-state index >= 15 is 0 Å². The third-order valence-corrected chi connectivity index (χ3v) is 4.16. The van der Waals surface area contributed by atoms with Gasteiger partial charge in [0.1, 0.15) is 5.60 Å². The average Bonchev–Trinajstić information content (AvgIpc) is 3.10. The number of fused-ring (bicyclic) bond motifs is 1. The van der Waals surface area contributed by atoms with Crippen LogP contribution >= 0.6 is 0 Å². The highest BCUT2D eigenvalue weighted by Gasteiger charge is 2.28. The third-order valence-electron chi connectivity index (χ3n) is 4.16. The van der Waals surface area contributed by atoms with E-state index in [-0.39, 0.29) is 11.7 Å². The minimum Gasteiger partial charge on any atom is -0.443 e. The maximum Gasteiger partial charge on any atom is 0.418 e. The normalized spacial score (nSPS) is 18.9. The zero-order chi connectivity index (χ0) is 17.5. The molecule has 0 spiro atoms. The maximum absolute atomic E-state index is 12.7. The number of aromatic nitrogens is 1. The fourth-order valence-corrected chi connectivity index (χ4v) is 2.99. The van der Waals surface area contributed by atoms with Crippen molar-refractivity contribution in [1.82, 2.24) is 9.58 Å². The van der Waals surface area contributed by atoms with Crippen molar-refractivity contribution in [3.63, 3.8) is 0 Å². The van der Waals surface area contributed by atoms with Crippen LogP contribution in [-0.2, 0) is 4.74 Å². The molecule has 0 amide bonds. The summed E-state index contributed by atoms with van der Waals surface area (Å²) < 4.78 is 6.87. The summed E-state index contributed by atoms with van der Waals surface area (Å²) in [7, 11) is 0. The molecule has 2 aromatic rings. The van der Waals surface area contributed by atoms with E-state index in [2.05, 4.69) is 0 Å². The van der Waals surface area contributed by atoms with Crippen molar-refractivity contribution in [2.75, 3.05) is 13.1 Å². The molecule has 1 aliphatic heterocycles. The maximum atomic E-state index is 12.7. The van der Waals surface area contributed by atoms with Gasteiger partial charge in [0.15, 0.2) is 5.78 Å². The Hall–Kier alpha value is -2.18. The molecule has 6 nitrogen and oxygen atoms in total. The van der Waals surface area contributed by atoms with Gasteiger partial charge >= 0.3 is 6.09 Å². The molecule has 0 unspecified atom stereocenters. The molecule has 1 aliphatic rings. The number of carbonyl (C=O) groups excluding carboxylic acids is 2. The van der Waals surface area contributed by atoms with Crippen molar-refractivity contribution in [3.8, 4) is 0 Å². The van der Waals surface area contributed by atoms with E-state index in [1.165, 1.54) is 4.57 Å². The zero-order valence-electron chi connectivity index (χ0n) is 14.3. The van der Waals surface area contributed by atoms with Crippen LogP contribution in [0.1, 0.15) is 37.6 Å². The second-order valence-electron chi connectivity index (χ2n) is 7.28. The van der Waals surface area contributed by atoms with Gasteiger partial charge in [0, 0.05) is 36.2 Å². The van der Waals surface area contributed by atoms with Crippen molar-refractivity contribution in [2.24, 2.45) is 11.8 Å². The molecule has 1 aromatic heterocycles. The Balaban J connectivity index is 1.91. The summed E-state index contributed by atoms with van der Waals surface area (Å²) in [4.78, 5) is 25.0. The van der Waals surface area contributed by atoms with E-state index in [9.17, 15) is 9.59 Å². The molecule has 128 valence electrons. The van der Waals surface area contributed by atoms with Crippen molar-refractivity contribution >= 4 is 22.8 Å². The highest BCUT2D eigenvalue weighted by atomic mass is 16.6. The Labute approximate surface area is 141 Å². The number of ether oxygens (including phenoxy) is 1. The summed E-state index contributed by atoms with van der Waals surface area (Å²) in [5, 5.41) is 2.56. The van der Waals surface area contributed by atoms with Crippen molar-refractivity contribution in [2.45, 2.75) is 32.8 Å². The number of rotatable bonds is 2. The lowest BCUT2D eigenvalue weighted by atomic mass is 9.96.